The molecule has 0 radical (unpaired) electrons. The molecule has 1 saturated carbocycles. The Labute approximate surface area is 142 Å². The van der Waals surface area contributed by atoms with Crippen LogP contribution in [0.2, 0.25) is 0 Å². The van der Waals surface area contributed by atoms with E-state index in [0.717, 1.165) is 42.0 Å². The summed E-state index contributed by atoms with van der Waals surface area (Å²) in [5, 5.41) is 14.7. The van der Waals surface area contributed by atoms with Crippen LogP contribution in [0.4, 0.5) is 5.69 Å². The number of methoxy groups -OCH3 is 1. The standard InChI is InChI=1S/C20H23NO3/c1-23-15-11-9-14(10-12-15)21-19-16-6-2-3-8-18(16)24-20(22)13-5-4-7-17(19)20/h2-3,6,8-12,17,19,21-22H,4-5,7,13H2,1H3. The quantitative estimate of drug-likeness (QED) is 0.891. The van der Waals surface area contributed by atoms with E-state index < -0.39 is 5.79 Å². The van der Waals surface area contributed by atoms with Crippen molar-refractivity contribution in [3.8, 4) is 11.5 Å². The number of hydrogen-bond donors (Lipinski definition) is 2. The van der Waals surface area contributed by atoms with Crippen molar-refractivity contribution in [3.63, 3.8) is 0 Å². The Balaban J connectivity index is 1.70. The molecule has 0 amide bonds. The second-order valence-electron chi connectivity index (χ2n) is 6.69. The number of aliphatic hydroxyl groups is 1. The van der Waals surface area contributed by atoms with Gasteiger partial charge in [0.15, 0.2) is 0 Å². The van der Waals surface area contributed by atoms with Gasteiger partial charge in [-0.05, 0) is 43.2 Å². The highest BCUT2D eigenvalue weighted by Crippen LogP contribution is 2.50. The van der Waals surface area contributed by atoms with Crippen LogP contribution in [-0.2, 0) is 0 Å². The van der Waals surface area contributed by atoms with Crippen LogP contribution in [0.5, 0.6) is 11.5 Å². The zero-order valence-electron chi connectivity index (χ0n) is 13.9. The van der Waals surface area contributed by atoms with Crippen molar-refractivity contribution < 1.29 is 14.6 Å². The van der Waals surface area contributed by atoms with E-state index in [1.807, 2.05) is 42.5 Å². The molecular weight excluding hydrogens is 302 g/mol. The van der Waals surface area contributed by atoms with Crippen LogP contribution >= 0.6 is 0 Å². The smallest absolute Gasteiger partial charge is 0.213 e. The van der Waals surface area contributed by atoms with E-state index >= 15 is 0 Å². The van der Waals surface area contributed by atoms with E-state index in [2.05, 4.69) is 11.4 Å². The average molecular weight is 325 g/mol. The molecule has 24 heavy (non-hydrogen) atoms. The van der Waals surface area contributed by atoms with Gasteiger partial charge >= 0.3 is 0 Å². The summed E-state index contributed by atoms with van der Waals surface area (Å²) < 4.78 is 11.3. The van der Waals surface area contributed by atoms with Crippen LogP contribution in [0, 0.1) is 5.92 Å². The molecule has 4 heteroatoms. The van der Waals surface area contributed by atoms with Crippen LogP contribution < -0.4 is 14.8 Å². The van der Waals surface area contributed by atoms with Gasteiger partial charge in [-0.2, -0.15) is 0 Å². The van der Waals surface area contributed by atoms with Gasteiger partial charge in [-0.1, -0.05) is 24.6 Å². The fourth-order valence-corrected chi connectivity index (χ4v) is 3.99. The first kappa shape index (κ1) is 15.3. The fraction of sp³-hybridized carbons (Fsp3) is 0.400. The third-order valence-electron chi connectivity index (χ3n) is 5.23. The van der Waals surface area contributed by atoms with Crippen molar-refractivity contribution in [2.24, 2.45) is 5.92 Å². The summed E-state index contributed by atoms with van der Waals surface area (Å²) in [6, 6.07) is 16.0. The summed E-state index contributed by atoms with van der Waals surface area (Å²) in [5.74, 6) is 0.589. The molecular formula is C20H23NO3. The maximum atomic E-state index is 11.1. The molecule has 4 rings (SSSR count). The van der Waals surface area contributed by atoms with Crippen LogP contribution in [0.15, 0.2) is 48.5 Å². The average Bonchev–Trinajstić information content (AvgIpc) is 2.61. The summed E-state index contributed by atoms with van der Waals surface area (Å²) >= 11 is 0. The Kier molecular flexibility index (Phi) is 3.85. The van der Waals surface area contributed by atoms with Crippen LogP contribution in [0.1, 0.15) is 37.3 Å². The molecule has 3 atom stereocenters. The Bertz CT molecular complexity index is 715. The third-order valence-corrected chi connectivity index (χ3v) is 5.23. The van der Waals surface area contributed by atoms with Crippen LogP contribution in [0.25, 0.3) is 0 Å². The van der Waals surface area contributed by atoms with Crippen LogP contribution in [-0.4, -0.2) is 18.0 Å². The molecule has 2 N–H and O–H groups in total. The molecule has 0 saturated heterocycles. The van der Waals surface area contributed by atoms with Crippen molar-refractivity contribution in [2.75, 3.05) is 12.4 Å². The number of benzene rings is 2. The van der Waals surface area contributed by atoms with Gasteiger partial charge in [-0.15, -0.1) is 0 Å². The molecule has 126 valence electrons. The molecule has 0 aromatic heterocycles. The van der Waals surface area contributed by atoms with E-state index in [9.17, 15) is 5.11 Å². The first-order valence-corrected chi connectivity index (χ1v) is 8.60. The van der Waals surface area contributed by atoms with Gasteiger partial charge in [0.1, 0.15) is 11.5 Å². The lowest BCUT2D eigenvalue weighted by atomic mass is 9.74. The van der Waals surface area contributed by atoms with Crippen molar-refractivity contribution in [3.05, 3.63) is 54.1 Å². The van der Waals surface area contributed by atoms with E-state index in [1.54, 1.807) is 7.11 Å². The highest BCUT2D eigenvalue weighted by atomic mass is 16.6. The predicted octanol–water partition coefficient (Wildman–Crippen LogP) is 4.12. The lowest BCUT2D eigenvalue weighted by molar-refractivity contribution is -0.209. The predicted molar refractivity (Wildman–Crippen MR) is 93.3 cm³/mol. The number of para-hydroxylation sites is 1. The highest BCUT2D eigenvalue weighted by Gasteiger charge is 2.49. The fourth-order valence-electron chi connectivity index (χ4n) is 3.99. The summed E-state index contributed by atoms with van der Waals surface area (Å²) in [6.07, 6.45) is 3.77. The minimum absolute atomic E-state index is 0.0358. The Hall–Kier alpha value is -2.20. The topological polar surface area (TPSA) is 50.7 Å². The molecule has 2 aromatic carbocycles. The van der Waals surface area contributed by atoms with E-state index in [-0.39, 0.29) is 12.0 Å². The Morgan fingerprint density at radius 2 is 1.92 bits per heavy atom. The van der Waals surface area contributed by atoms with Gasteiger partial charge in [0.05, 0.1) is 13.2 Å². The summed E-state index contributed by atoms with van der Waals surface area (Å²) in [4.78, 5) is 0. The zero-order chi connectivity index (χ0) is 16.6. The summed E-state index contributed by atoms with van der Waals surface area (Å²) in [7, 11) is 1.67. The zero-order valence-corrected chi connectivity index (χ0v) is 13.9. The summed E-state index contributed by atoms with van der Waals surface area (Å²) in [6.45, 7) is 0. The van der Waals surface area contributed by atoms with E-state index in [1.165, 1.54) is 0 Å². The normalized spacial score (nSPS) is 28.2. The number of hydrogen-bond acceptors (Lipinski definition) is 4. The van der Waals surface area contributed by atoms with Crippen molar-refractivity contribution in [1.82, 2.24) is 0 Å². The molecule has 1 aliphatic heterocycles. The second-order valence-corrected chi connectivity index (χ2v) is 6.69. The molecule has 1 fully saturated rings. The van der Waals surface area contributed by atoms with Crippen molar-refractivity contribution in [2.45, 2.75) is 37.5 Å². The van der Waals surface area contributed by atoms with Gasteiger partial charge < -0.3 is 19.9 Å². The van der Waals surface area contributed by atoms with Gasteiger partial charge in [0, 0.05) is 23.6 Å². The van der Waals surface area contributed by atoms with Gasteiger partial charge in [0.2, 0.25) is 5.79 Å². The Morgan fingerprint density at radius 1 is 1.12 bits per heavy atom. The summed E-state index contributed by atoms with van der Waals surface area (Å²) in [5.41, 5.74) is 2.13. The highest BCUT2D eigenvalue weighted by molar-refractivity contribution is 5.51. The number of fused-ring (bicyclic) bond motifs is 2. The number of anilines is 1. The van der Waals surface area contributed by atoms with E-state index in [4.69, 9.17) is 9.47 Å². The largest absolute Gasteiger partial charge is 0.497 e. The number of ether oxygens (including phenoxy) is 2. The number of rotatable bonds is 3. The molecule has 2 aromatic rings. The Morgan fingerprint density at radius 3 is 2.71 bits per heavy atom. The monoisotopic (exact) mass is 325 g/mol. The first-order valence-electron chi connectivity index (χ1n) is 8.60. The van der Waals surface area contributed by atoms with Gasteiger partial charge in [-0.3, -0.25) is 0 Å². The van der Waals surface area contributed by atoms with Gasteiger partial charge in [0.25, 0.3) is 0 Å². The molecule has 1 heterocycles. The van der Waals surface area contributed by atoms with Crippen molar-refractivity contribution in [1.29, 1.82) is 0 Å². The van der Waals surface area contributed by atoms with E-state index in [0.29, 0.717) is 6.42 Å². The lowest BCUT2D eigenvalue weighted by Crippen LogP contribution is -2.52. The maximum absolute atomic E-state index is 11.1. The molecule has 0 bridgehead atoms. The maximum Gasteiger partial charge on any atom is 0.213 e. The van der Waals surface area contributed by atoms with Gasteiger partial charge in [-0.25, -0.2) is 0 Å². The molecule has 4 nitrogen and oxygen atoms in total. The van der Waals surface area contributed by atoms with Crippen molar-refractivity contribution >= 4 is 5.69 Å². The molecule has 1 aliphatic carbocycles. The van der Waals surface area contributed by atoms with Crippen LogP contribution in [0.3, 0.4) is 0 Å². The SMILES string of the molecule is COc1ccc(NC2c3ccccc3OC3(O)CCCCC23)cc1. The lowest BCUT2D eigenvalue weighted by Gasteiger charge is -2.48. The second kappa shape index (κ2) is 6.02. The minimum atomic E-state index is -1.07. The number of nitrogens with one attached hydrogen (secondary N) is 1. The third kappa shape index (κ3) is 2.61. The molecule has 0 spiro atoms. The molecule has 2 aliphatic rings. The minimum Gasteiger partial charge on any atom is -0.497 e. The molecule has 3 unspecified atom stereocenters. The first-order chi connectivity index (χ1) is 11.7.